The third-order valence-electron chi connectivity index (χ3n) is 3.96. The highest BCUT2D eigenvalue weighted by Gasteiger charge is 2.19. The number of aromatic nitrogens is 4. The molecule has 0 bridgehead atoms. The molecule has 0 aliphatic heterocycles. The zero-order valence-electron chi connectivity index (χ0n) is 11.5. The second-order valence-electron chi connectivity index (χ2n) is 5.47. The molecule has 0 unspecified atom stereocenters. The van der Waals surface area contributed by atoms with E-state index in [4.69, 9.17) is 0 Å². The SMILES string of the molecule is Cc1nc(NCC2CCC(O)CC2)cc2n[nH]c(=O)n12. The summed E-state index contributed by atoms with van der Waals surface area (Å²) in [5, 5.41) is 19.2. The zero-order chi connectivity index (χ0) is 14.1. The van der Waals surface area contributed by atoms with Crippen molar-refractivity contribution in [3.05, 3.63) is 22.4 Å². The van der Waals surface area contributed by atoms with E-state index in [1.165, 1.54) is 4.40 Å². The van der Waals surface area contributed by atoms with Crippen molar-refractivity contribution in [1.82, 2.24) is 19.6 Å². The lowest BCUT2D eigenvalue weighted by Gasteiger charge is -2.25. The lowest BCUT2D eigenvalue weighted by atomic mass is 9.87. The molecule has 1 aliphatic rings. The van der Waals surface area contributed by atoms with Gasteiger partial charge in [0.15, 0.2) is 5.65 Å². The minimum atomic E-state index is -0.266. The van der Waals surface area contributed by atoms with E-state index in [0.29, 0.717) is 17.4 Å². The van der Waals surface area contributed by atoms with Crippen LogP contribution in [0.2, 0.25) is 0 Å². The predicted molar refractivity (Wildman–Crippen MR) is 74.8 cm³/mol. The van der Waals surface area contributed by atoms with Crippen molar-refractivity contribution in [3.8, 4) is 0 Å². The van der Waals surface area contributed by atoms with Gasteiger partial charge in [0.2, 0.25) is 0 Å². The molecule has 3 rings (SSSR count). The van der Waals surface area contributed by atoms with Gasteiger partial charge in [-0.3, -0.25) is 0 Å². The Morgan fingerprint density at radius 2 is 2.20 bits per heavy atom. The Labute approximate surface area is 116 Å². The van der Waals surface area contributed by atoms with Crippen molar-refractivity contribution in [2.75, 3.05) is 11.9 Å². The molecular formula is C13H19N5O2. The molecule has 20 heavy (non-hydrogen) atoms. The fourth-order valence-electron chi connectivity index (χ4n) is 2.79. The number of rotatable bonds is 3. The van der Waals surface area contributed by atoms with Crippen LogP contribution < -0.4 is 11.0 Å². The second kappa shape index (κ2) is 5.24. The van der Waals surface area contributed by atoms with E-state index in [2.05, 4.69) is 20.5 Å². The number of H-pyrrole nitrogens is 1. The minimum Gasteiger partial charge on any atom is -0.393 e. The van der Waals surface area contributed by atoms with Crippen molar-refractivity contribution in [2.24, 2.45) is 5.92 Å². The van der Waals surface area contributed by atoms with Gasteiger partial charge in [-0.25, -0.2) is 19.3 Å². The van der Waals surface area contributed by atoms with Crippen LogP contribution in [-0.4, -0.2) is 37.3 Å². The van der Waals surface area contributed by atoms with Crippen LogP contribution in [0.1, 0.15) is 31.5 Å². The van der Waals surface area contributed by atoms with Crippen LogP contribution in [0.3, 0.4) is 0 Å². The summed E-state index contributed by atoms with van der Waals surface area (Å²) in [5.74, 6) is 1.92. The number of aromatic amines is 1. The van der Waals surface area contributed by atoms with E-state index in [1.54, 1.807) is 13.0 Å². The maximum absolute atomic E-state index is 11.5. The lowest BCUT2D eigenvalue weighted by molar-refractivity contribution is 0.111. The van der Waals surface area contributed by atoms with Crippen molar-refractivity contribution < 1.29 is 5.11 Å². The average molecular weight is 277 g/mol. The number of nitrogens with zero attached hydrogens (tertiary/aromatic N) is 3. The number of hydrogen-bond acceptors (Lipinski definition) is 5. The van der Waals surface area contributed by atoms with Crippen LogP contribution in [-0.2, 0) is 0 Å². The molecule has 7 heteroatoms. The lowest BCUT2D eigenvalue weighted by Crippen LogP contribution is -2.24. The molecule has 2 aromatic heterocycles. The Kier molecular flexibility index (Phi) is 3.43. The first kappa shape index (κ1) is 13.1. The third kappa shape index (κ3) is 2.53. The number of fused-ring (bicyclic) bond motifs is 1. The van der Waals surface area contributed by atoms with E-state index >= 15 is 0 Å². The Morgan fingerprint density at radius 3 is 2.95 bits per heavy atom. The first-order valence-electron chi connectivity index (χ1n) is 7.00. The Bertz CT molecular complexity index is 654. The van der Waals surface area contributed by atoms with Gasteiger partial charge in [0.05, 0.1) is 6.10 Å². The van der Waals surface area contributed by atoms with Gasteiger partial charge in [-0.15, -0.1) is 0 Å². The van der Waals surface area contributed by atoms with E-state index in [9.17, 15) is 9.90 Å². The number of aryl methyl sites for hydroxylation is 1. The molecule has 1 fully saturated rings. The smallest absolute Gasteiger partial charge is 0.349 e. The summed E-state index contributed by atoms with van der Waals surface area (Å²) in [4.78, 5) is 15.9. The number of aliphatic hydroxyl groups is 1. The summed E-state index contributed by atoms with van der Waals surface area (Å²) >= 11 is 0. The summed E-state index contributed by atoms with van der Waals surface area (Å²) in [5.41, 5.74) is 0.307. The fourth-order valence-corrected chi connectivity index (χ4v) is 2.79. The highest BCUT2D eigenvalue weighted by atomic mass is 16.3. The Hall–Kier alpha value is -1.89. The highest BCUT2D eigenvalue weighted by molar-refractivity contribution is 5.49. The van der Waals surface area contributed by atoms with Gasteiger partial charge < -0.3 is 10.4 Å². The number of aliphatic hydroxyl groups excluding tert-OH is 1. The van der Waals surface area contributed by atoms with Crippen molar-refractivity contribution in [1.29, 1.82) is 0 Å². The van der Waals surface area contributed by atoms with Gasteiger partial charge in [0.25, 0.3) is 0 Å². The quantitative estimate of drug-likeness (QED) is 0.767. The van der Waals surface area contributed by atoms with Gasteiger partial charge in [-0.1, -0.05) is 0 Å². The van der Waals surface area contributed by atoms with Crippen LogP contribution >= 0.6 is 0 Å². The first-order valence-corrected chi connectivity index (χ1v) is 7.00. The molecule has 0 atom stereocenters. The zero-order valence-corrected chi connectivity index (χ0v) is 11.5. The van der Waals surface area contributed by atoms with E-state index in [-0.39, 0.29) is 11.8 Å². The third-order valence-corrected chi connectivity index (χ3v) is 3.96. The van der Waals surface area contributed by atoms with Gasteiger partial charge in [0, 0.05) is 12.6 Å². The summed E-state index contributed by atoms with van der Waals surface area (Å²) in [6.45, 7) is 2.62. The van der Waals surface area contributed by atoms with Crippen molar-refractivity contribution in [3.63, 3.8) is 0 Å². The normalized spacial score (nSPS) is 23.1. The Balaban J connectivity index is 1.70. The summed E-state index contributed by atoms with van der Waals surface area (Å²) in [6.07, 6.45) is 3.71. The standard InChI is InChI=1S/C13H19N5O2/c1-8-15-11(6-12-16-17-13(20)18(8)12)14-7-9-2-4-10(19)5-3-9/h6,9-10,14,19H,2-5,7H2,1H3,(H,17,20). The molecule has 108 valence electrons. The molecule has 3 N–H and O–H groups in total. The molecule has 1 aliphatic carbocycles. The molecule has 0 aromatic carbocycles. The molecule has 0 amide bonds. The van der Waals surface area contributed by atoms with Gasteiger partial charge in [-0.2, -0.15) is 5.10 Å². The van der Waals surface area contributed by atoms with E-state index in [1.807, 2.05) is 0 Å². The molecule has 1 saturated carbocycles. The molecular weight excluding hydrogens is 258 g/mol. The maximum atomic E-state index is 11.5. The minimum absolute atomic E-state index is 0.126. The molecule has 7 nitrogen and oxygen atoms in total. The van der Waals surface area contributed by atoms with Crippen molar-refractivity contribution in [2.45, 2.75) is 38.7 Å². The summed E-state index contributed by atoms with van der Waals surface area (Å²) in [7, 11) is 0. The fraction of sp³-hybridized carbons (Fsp3) is 0.615. The van der Waals surface area contributed by atoms with Crippen LogP contribution in [0.25, 0.3) is 5.65 Å². The Morgan fingerprint density at radius 1 is 1.45 bits per heavy atom. The number of anilines is 1. The summed E-state index contributed by atoms with van der Waals surface area (Å²) < 4.78 is 1.45. The maximum Gasteiger partial charge on any atom is 0.349 e. The summed E-state index contributed by atoms with van der Waals surface area (Å²) in [6, 6.07) is 1.77. The van der Waals surface area contributed by atoms with Gasteiger partial charge in [-0.05, 0) is 38.5 Å². The van der Waals surface area contributed by atoms with Crippen molar-refractivity contribution >= 4 is 11.5 Å². The van der Waals surface area contributed by atoms with E-state index < -0.39 is 0 Å². The molecule has 0 radical (unpaired) electrons. The second-order valence-corrected chi connectivity index (χ2v) is 5.47. The molecule has 0 saturated heterocycles. The van der Waals surface area contributed by atoms with Crippen LogP contribution in [0, 0.1) is 12.8 Å². The van der Waals surface area contributed by atoms with Gasteiger partial charge in [0.1, 0.15) is 11.6 Å². The molecule has 0 spiro atoms. The topological polar surface area (TPSA) is 95.3 Å². The largest absolute Gasteiger partial charge is 0.393 e. The molecule has 2 heterocycles. The monoisotopic (exact) mass is 277 g/mol. The van der Waals surface area contributed by atoms with E-state index in [0.717, 1.165) is 38.0 Å². The number of hydrogen-bond donors (Lipinski definition) is 3. The first-order chi connectivity index (χ1) is 9.63. The number of nitrogens with one attached hydrogen (secondary N) is 2. The van der Waals surface area contributed by atoms with Gasteiger partial charge >= 0.3 is 5.69 Å². The molecule has 2 aromatic rings. The van der Waals surface area contributed by atoms with Crippen LogP contribution in [0.15, 0.2) is 10.9 Å². The highest BCUT2D eigenvalue weighted by Crippen LogP contribution is 2.24. The van der Waals surface area contributed by atoms with Crippen LogP contribution in [0.5, 0.6) is 0 Å². The predicted octanol–water partition coefficient (Wildman–Crippen LogP) is 0.689. The average Bonchev–Trinajstić information content (AvgIpc) is 2.80. The van der Waals surface area contributed by atoms with Crippen LogP contribution in [0.4, 0.5) is 5.82 Å².